The van der Waals surface area contributed by atoms with Gasteiger partial charge in [0.1, 0.15) is 6.10 Å². The summed E-state index contributed by atoms with van der Waals surface area (Å²) in [5.41, 5.74) is 0.802. The Labute approximate surface area is 244 Å². The van der Waals surface area contributed by atoms with Crippen molar-refractivity contribution >= 4 is 28.5 Å². The molecule has 4 aliphatic heterocycles. The zero-order valence-corrected chi connectivity index (χ0v) is 25.8. The van der Waals surface area contributed by atoms with Gasteiger partial charge in [0.05, 0.1) is 18.9 Å². The third kappa shape index (κ3) is 7.19. The number of aromatic nitrogens is 1. The Morgan fingerprint density at radius 2 is 1.80 bits per heavy atom. The van der Waals surface area contributed by atoms with Crippen LogP contribution in [0.3, 0.4) is 0 Å². The Hall–Kier alpha value is -2.14. The molecule has 0 radical (unpaired) electrons. The summed E-state index contributed by atoms with van der Waals surface area (Å²) >= 11 is 1.61. The fourth-order valence-electron chi connectivity index (χ4n) is 6.28. The molecule has 3 fully saturated rings. The summed E-state index contributed by atoms with van der Waals surface area (Å²) in [5, 5.41) is 4.57. The van der Waals surface area contributed by atoms with Crippen molar-refractivity contribution in [3.63, 3.8) is 0 Å². The second kappa shape index (κ2) is 13.2. The van der Waals surface area contributed by atoms with E-state index in [1.807, 2.05) is 11.5 Å². The Balaban J connectivity index is 1.38. The smallest absolute Gasteiger partial charge is 0.276 e. The van der Waals surface area contributed by atoms with Crippen LogP contribution in [-0.2, 0) is 14.4 Å². The molecule has 0 unspecified atom stereocenters. The van der Waals surface area contributed by atoms with E-state index in [2.05, 4.69) is 60.5 Å². The Kier molecular flexibility index (Phi) is 9.71. The minimum atomic E-state index is -0.154. The first-order valence-corrected chi connectivity index (χ1v) is 16.0. The average Bonchev–Trinajstić information content (AvgIpc) is 3.41. The maximum Gasteiger partial charge on any atom is 0.276 e. The number of hydrogen-bond donors (Lipinski definition) is 0. The molecule has 0 bridgehead atoms. The number of rotatable bonds is 8. The summed E-state index contributed by atoms with van der Waals surface area (Å²) < 4.78 is 5.47. The molecule has 10 heteroatoms. The van der Waals surface area contributed by atoms with Gasteiger partial charge < -0.3 is 24.3 Å². The van der Waals surface area contributed by atoms with Gasteiger partial charge in [-0.3, -0.25) is 9.63 Å². The molecule has 0 N–H and O–H groups in total. The van der Waals surface area contributed by atoms with Crippen LogP contribution >= 0.6 is 11.3 Å². The molecular formula is C30H48N6O3S. The number of nitrogens with zero attached hydrogens (tertiary/aromatic N) is 6. The van der Waals surface area contributed by atoms with E-state index in [1.165, 1.54) is 0 Å². The van der Waals surface area contributed by atoms with Gasteiger partial charge >= 0.3 is 0 Å². The van der Waals surface area contributed by atoms with Gasteiger partial charge in [-0.2, -0.15) is 5.06 Å². The Morgan fingerprint density at radius 3 is 2.50 bits per heavy atom. The number of hydroxylamine groups is 2. The Morgan fingerprint density at radius 1 is 1.07 bits per heavy atom. The molecule has 4 aliphatic rings. The number of piperidine rings is 1. The highest BCUT2D eigenvalue weighted by Gasteiger charge is 2.41. The lowest BCUT2D eigenvalue weighted by molar-refractivity contribution is -0.228. The SMILES string of the molecule is CC(C)C[C@@H]1CN2C(=CN(C3CCN(C)CC3)C[C@@H]2CC(C)C)N(C(=O)/C=C/c2csc(N3CCOCC3)n2)O1. The largest absolute Gasteiger partial charge is 0.378 e. The van der Waals surface area contributed by atoms with Gasteiger partial charge in [0.15, 0.2) is 11.0 Å². The molecular weight excluding hydrogens is 524 g/mol. The third-order valence-corrected chi connectivity index (χ3v) is 9.24. The minimum absolute atomic E-state index is 0.0220. The predicted molar refractivity (Wildman–Crippen MR) is 161 cm³/mol. The molecule has 0 aliphatic carbocycles. The number of likely N-dealkylation sites (tertiary alicyclic amines) is 1. The number of thiazole rings is 1. The summed E-state index contributed by atoms with van der Waals surface area (Å²) in [6.45, 7) is 16.3. The van der Waals surface area contributed by atoms with Crippen molar-refractivity contribution < 1.29 is 14.4 Å². The number of ether oxygens (including phenoxy) is 1. The molecule has 2 atom stereocenters. The van der Waals surface area contributed by atoms with Crippen LogP contribution in [-0.4, -0.2) is 108 Å². The lowest BCUT2D eigenvalue weighted by atomic mass is 9.96. The van der Waals surface area contributed by atoms with Crippen LogP contribution in [0.1, 0.15) is 59.1 Å². The first-order chi connectivity index (χ1) is 19.3. The maximum absolute atomic E-state index is 13.8. The molecule has 222 valence electrons. The fraction of sp³-hybridized carbons (Fsp3) is 0.733. The van der Waals surface area contributed by atoms with Crippen molar-refractivity contribution in [1.29, 1.82) is 0 Å². The fourth-order valence-corrected chi connectivity index (χ4v) is 7.13. The van der Waals surface area contributed by atoms with E-state index in [9.17, 15) is 4.79 Å². The number of hydrogen-bond acceptors (Lipinski definition) is 9. The molecule has 40 heavy (non-hydrogen) atoms. The van der Waals surface area contributed by atoms with E-state index < -0.39 is 0 Å². The van der Waals surface area contributed by atoms with Crippen LogP contribution < -0.4 is 4.90 Å². The van der Waals surface area contributed by atoms with E-state index in [0.29, 0.717) is 23.9 Å². The van der Waals surface area contributed by atoms with E-state index in [-0.39, 0.29) is 12.0 Å². The molecule has 0 spiro atoms. The van der Waals surface area contributed by atoms with Gasteiger partial charge in [0.25, 0.3) is 5.91 Å². The molecule has 3 saturated heterocycles. The van der Waals surface area contributed by atoms with E-state index in [4.69, 9.17) is 14.6 Å². The topological polar surface area (TPSA) is 64.6 Å². The highest BCUT2D eigenvalue weighted by atomic mass is 32.1. The summed E-state index contributed by atoms with van der Waals surface area (Å²) in [5.74, 6) is 1.79. The highest BCUT2D eigenvalue weighted by Crippen LogP contribution is 2.34. The van der Waals surface area contributed by atoms with Gasteiger partial charge in [-0.05, 0) is 63.7 Å². The molecule has 5 heterocycles. The van der Waals surface area contributed by atoms with Crippen LogP contribution in [0.4, 0.5) is 5.13 Å². The van der Waals surface area contributed by atoms with Crippen LogP contribution in [0.2, 0.25) is 0 Å². The zero-order chi connectivity index (χ0) is 28.2. The zero-order valence-electron chi connectivity index (χ0n) is 25.0. The maximum atomic E-state index is 13.8. The number of morpholine rings is 1. The van der Waals surface area contributed by atoms with Crippen molar-refractivity contribution in [1.82, 2.24) is 24.7 Å². The molecule has 0 aromatic carbocycles. The van der Waals surface area contributed by atoms with Crippen LogP contribution in [0.5, 0.6) is 0 Å². The predicted octanol–water partition coefficient (Wildman–Crippen LogP) is 4.11. The average molecular weight is 573 g/mol. The van der Waals surface area contributed by atoms with Crippen molar-refractivity contribution in [3.8, 4) is 0 Å². The lowest BCUT2D eigenvalue weighted by Gasteiger charge is -2.52. The standard InChI is InChI=1S/C30H48N6O3S/c1-22(2)16-26-18-34(25-8-10-32(5)11-9-25)20-28-35(26)19-27(17-23(3)4)39-36(28)29(37)7-6-24-21-40-30(31-24)33-12-14-38-15-13-33/h6-7,20-23,25-27H,8-19H2,1-5H3/b7-6+/t26-,27+/m0/s1. The first kappa shape index (κ1) is 29.4. The van der Waals surface area contributed by atoms with Gasteiger partial charge in [-0.25, -0.2) is 4.98 Å². The molecule has 1 aromatic rings. The summed E-state index contributed by atoms with van der Waals surface area (Å²) in [4.78, 5) is 34.7. The lowest BCUT2D eigenvalue weighted by Crippen LogP contribution is -2.60. The third-order valence-electron chi connectivity index (χ3n) is 8.32. The van der Waals surface area contributed by atoms with Crippen LogP contribution in [0.15, 0.2) is 23.5 Å². The molecule has 1 amide bonds. The van der Waals surface area contributed by atoms with E-state index >= 15 is 0 Å². The number of amides is 1. The quantitative estimate of drug-likeness (QED) is 0.432. The molecule has 1 aromatic heterocycles. The van der Waals surface area contributed by atoms with Crippen molar-refractivity contribution in [2.45, 2.75) is 71.6 Å². The summed E-state index contributed by atoms with van der Waals surface area (Å²) in [6, 6.07) is 0.849. The molecule has 9 nitrogen and oxygen atoms in total. The summed E-state index contributed by atoms with van der Waals surface area (Å²) in [6.07, 6.45) is 9.95. The van der Waals surface area contributed by atoms with Gasteiger partial charge in [-0.15, -0.1) is 11.3 Å². The first-order valence-electron chi connectivity index (χ1n) is 15.2. The Bertz CT molecular complexity index is 1040. The number of carbonyl (C=O) groups excluding carboxylic acids is 1. The monoisotopic (exact) mass is 572 g/mol. The number of carbonyl (C=O) groups is 1. The molecule has 0 saturated carbocycles. The molecule has 5 rings (SSSR count). The second-order valence-electron chi connectivity index (χ2n) is 12.6. The highest BCUT2D eigenvalue weighted by molar-refractivity contribution is 7.13. The number of anilines is 1. The van der Waals surface area contributed by atoms with Gasteiger partial charge in [-0.1, -0.05) is 27.7 Å². The van der Waals surface area contributed by atoms with Gasteiger partial charge in [0, 0.05) is 55.9 Å². The van der Waals surface area contributed by atoms with Crippen molar-refractivity contribution in [3.05, 3.63) is 29.2 Å². The van der Waals surface area contributed by atoms with Crippen LogP contribution in [0.25, 0.3) is 6.08 Å². The minimum Gasteiger partial charge on any atom is -0.378 e. The van der Waals surface area contributed by atoms with E-state index in [1.54, 1.807) is 22.5 Å². The second-order valence-corrected chi connectivity index (χ2v) is 13.5. The normalized spacial score (nSPS) is 25.3. The van der Waals surface area contributed by atoms with Crippen molar-refractivity contribution in [2.24, 2.45) is 11.8 Å². The van der Waals surface area contributed by atoms with Crippen molar-refractivity contribution in [2.75, 3.05) is 64.4 Å². The van der Waals surface area contributed by atoms with Crippen LogP contribution in [0, 0.1) is 11.8 Å². The van der Waals surface area contributed by atoms with Gasteiger partial charge in [0.2, 0.25) is 0 Å². The summed E-state index contributed by atoms with van der Waals surface area (Å²) in [7, 11) is 2.21. The number of fused-ring (bicyclic) bond motifs is 1. The van der Waals surface area contributed by atoms with E-state index in [0.717, 1.165) is 94.8 Å².